The lowest BCUT2D eigenvalue weighted by Crippen LogP contribution is -2.02. The highest BCUT2D eigenvalue weighted by atomic mass is 32.1. The van der Waals surface area contributed by atoms with Gasteiger partial charge in [-0.3, -0.25) is 9.59 Å². The van der Waals surface area contributed by atoms with Crippen LogP contribution in [-0.2, 0) is 0 Å². The number of Topliss-reactive ketones (excluding diaryl/α,β-unsaturated/α-hetero) is 2. The average molecular weight is 208 g/mol. The zero-order chi connectivity index (χ0) is 10.3. The van der Waals surface area contributed by atoms with Crippen LogP contribution < -0.4 is 0 Å². The minimum atomic E-state index is 0.146. The van der Waals surface area contributed by atoms with Gasteiger partial charge in [0.25, 0.3) is 0 Å². The van der Waals surface area contributed by atoms with Gasteiger partial charge in [0.1, 0.15) is 0 Å². The number of ketones is 2. The van der Waals surface area contributed by atoms with E-state index >= 15 is 0 Å². The molecule has 2 nitrogen and oxygen atoms in total. The third kappa shape index (κ3) is 1.32. The minimum Gasteiger partial charge on any atom is -0.294 e. The standard InChI is InChI=1S/C11H12O2S/c1-6-10-8(12)4-3-5-9(13)11(10)7(2)14-6/h3-5H2,1-2H3. The fraction of sp³-hybridized carbons (Fsp3) is 0.455. The molecular formula is C11H12O2S. The third-order valence-corrected chi connectivity index (χ3v) is 3.65. The highest BCUT2D eigenvalue weighted by Gasteiger charge is 2.26. The van der Waals surface area contributed by atoms with E-state index in [-0.39, 0.29) is 11.6 Å². The van der Waals surface area contributed by atoms with Crippen molar-refractivity contribution in [3.8, 4) is 0 Å². The molecule has 1 aromatic heterocycles. The van der Waals surface area contributed by atoms with Gasteiger partial charge in [0.15, 0.2) is 11.6 Å². The van der Waals surface area contributed by atoms with Crippen LogP contribution in [0.25, 0.3) is 0 Å². The van der Waals surface area contributed by atoms with Crippen LogP contribution in [-0.4, -0.2) is 11.6 Å². The van der Waals surface area contributed by atoms with E-state index in [0.29, 0.717) is 30.4 Å². The number of thiophene rings is 1. The van der Waals surface area contributed by atoms with Crippen molar-refractivity contribution in [3.05, 3.63) is 20.9 Å². The number of rotatable bonds is 0. The predicted molar refractivity (Wildman–Crippen MR) is 56.3 cm³/mol. The minimum absolute atomic E-state index is 0.146. The second-order valence-electron chi connectivity index (χ2n) is 3.66. The van der Waals surface area contributed by atoms with Gasteiger partial charge in [-0.25, -0.2) is 0 Å². The van der Waals surface area contributed by atoms with Gasteiger partial charge in [-0.2, -0.15) is 0 Å². The quantitative estimate of drug-likeness (QED) is 0.614. The Labute approximate surface area is 86.9 Å². The monoisotopic (exact) mass is 208 g/mol. The van der Waals surface area contributed by atoms with Crippen LogP contribution in [0.4, 0.5) is 0 Å². The maximum Gasteiger partial charge on any atom is 0.164 e. The van der Waals surface area contributed by atoms with Crippen molar-refractivity contribution in [2.75, 3.05) is 0 Å². The lowest BCUT2D eigenvalue weighted by Gasteiger charge is -1.97. The summed E-state index contributed by atoms with van der Waals surface area (Å²) in [4.78, 5) is 25.5. The summed E-state index contributed by atoms with van der Waals surface area (Å²) >= 11 is 1.56. The van der Waals surface area contributed by atoms with E-state index in [4.69, 9.17) is 0 Å². The number of carbonyl (C=O) groups is 2. The molecule has 0 aliphatic heterocycles. The van der Waals surface area contributed by atoms with Gasteiger partial charge in [0.05, 0.1) is 0 Å². The molecule has 0 spiro atoms. The molecule has 0 aromatic carbocycles. The summed E-state index contributed by atoms with van der Waals surface area (Å²) in [5.74, 6) is 0.292. The first kappa shape index (κ1) is 9.59. The Morgan fingerprint density at radius 2 is 1.36 bits per heavy atom. The molecule has 0 atom stereocenters. The van der Waals surface area contributed by atoms with Gasteiger partial charge >= 0.3 is 0 Å². The SMILES string of the molecule is Cc1sc(C)c2c1C(=O)CCCC2=O. The van der Waals surface area contributed by atoms with Gasteiger partial charge in [-0.15, -0.1) is 11.3 Å². The van der Waals surface area contributed by atoms with Gasteiger partial charge < -0.3 is 0 Å². The molecule has 0 fully saturated rings. The topological polar surface area (TPSA) is 34.1 Å². The van der Waals surface area contributed by atoms with Crippen LogP contribution >= 0.6 is 11.3 Å². The first-order valence-electron chi connectivity index (χ1n) is 4.77. The molecule has 14 heavy (non-hydrogen) atoms. The maximum absolute atomic E-state index is 11.7. The first-order chi connectivity index (χ1) is 6.61. The van der Waals surface area contributed by atoms with E-state index in [1.165, 1.54) is 0 Å². The molecule has 0 bridgehead atoms. The fourth-order valence-corrected chi connectivity index (χ4v) is 3.11. The molecule has 1 aromatic rings. The van der Waals surface area contributed by atoms with Crippen LogP contribution in [0.1, 0.15) is 49.7 Å². The number of aryl methyl sites for hydroxylation is 2. The Hall–Kier alpha value is -0.960. The lowest BCUT2D eigenvalue weighted by atomic mass is 10.0. The third-order valence-electron chi connectivity index (χ3n) is 2.63. The van der Waals surface area contributed by atoms with E-state index < -0.39 is 0 Å². The zero-order valence-electron chi connectivity index (χ0n) is 8.35. The van der Waals surface area contributed by atoms with Crippen molar-refractivity contribution in [3.63, 3.8) is 0 Å². The highest BCUT2D eigenvalue weighted by molar-refractivity contribution is 7.12. The van der Waals surface area contributed by atoms with E-state index in [0.717, 1.165) is 9.75 Å². The summed E-state index contributed by atoms with van der Waals surface area (Å²) in [6.45, 7) is 3.85. The van der Waals surface area contributed by atoms with Crippen LogP contribution in [0.5, 0.6) is 0 Å². The number of hydrogen-bond donors (Lipinski definition) is 0. The summed E-state index contributed by atoms with van der Waals surface area (Å²) in [5.41, 5.74) is 1.41. The second-order valence-corrected chi connectivity index (χ2v) is 5.09. The Morgan fingerprint density at radius 1 is 0.929 bits per heavy atom. The number of hydrogen-bond acceptors (Lipinski definition) is 3. The fourth-order valence-electron chi connectivity index (χ4n) is 2.01. The average Bonchev–Trinajstić information content (AvgIpc) is 2.30. The van der Waals surface area contributed by atoms with Gasteiger partial charge in [0, 0.05) is 33.7 Å². The molecule has 3 heteroatoms. The van der Waals surface area contributed by atoms with E-state index in [1.54, 1.807) is 11.3 Å². The molecule has 2 rings (SSSR count). The molecule has 0 unspecified atom stereocenters. The van der Waals surface area contributed by atoms with Crippen LogP contribution in [0, 0.1) is 13.8 Å². The first-order valence-corrected chi connectivity index (χ1v) is 5.59. The second kappa shape index (κ2) is 3.31. The van der Waals surface area contributed by atoms with E-state index in [2.05, 4.69) is 0 Å². The Bertz CT molecular complexity index is 379. The maximum atomic E-state index is 11.7. The smallest absolute Gasteiger partial charge is 0.164 e. The molecule has 1 heterocycles. The molecule has 0 saturated carbocycles. The Kier molecular flexibility index (Phi) is 2.27. The van der Waals surface area contributed by atoms with Gasteiger partial charge in [-0.1, -0.05) is 0 Å². The normalized spacial score (nSPS) is 16.7. The summed E-state index contributed by atoms with van der Waals surface area (Å²) in [6.07, 6.45) is 1.75. The van der Waals surface area contributed by atoms with Gasteiger partial charge in [-0.05, 0) is 20.3 Å². The summed E-state index contributed by atoms with van der Waals surface area (Å²) in [6, 6.07) is 0. The van der Waals surface area contributed by atoms with Crippen molar-refractivity contribution in [2.24, 2.45) is 0 Å². The molecular weight excluding hydrogens is 196 g/mol. The molecule has 1 aliphatic carbocycles. The Morgan fingerprint density at radius 3 is 1.79 bits per heavy atom. The lowest BCUT2D eigenvalue weighted by molar-refractivity contribution is 0.0981. The van der Waals surface area contributed by atoms with Crippen molar-refractivity contribution in [1.82, 2.24) is 0 Å². The number of carbonyl (C=O) groups excluding carboxylic acids is 2. The molecule has 0 amide bonds. The Balaban J connectivity index is 2.68. The molecule has 1 aliphatic rings. The molecule has 0 N–H and O–H groups in total. The molecule has 74 valence electrons. The van der Waals surface area contributed by atoms with Crippen molar-refractivity contribution >= 4 is 22.9 Å². The van der Waals surface area contributed by atoms with Crippen LogP contribution in [0.2, 0.25) is 0 Å². The zero-order valence-corrected chi connectivity index (χ0v) is 9.16. The van der Waals surface area contributed by atoms with Crippen molar-refractivity contribution in [2.45, 2.75) is 33.1 Å². The summed E-state index contributed by atoms with van der Waals surface area (Å²) < 4.78 is 0. The summed E-state index contributed by atoms with van der Waals surface area (Å²) in [7, 11) is 0. The van der Waals surface area contributed by atoms with Crippen LogP contribution in [0.15, 0.2) is 0 Å². The molecule has 0 saturated heterocycles. The van der Waals surface area contributed by atoms with Crippen LogP contribution in [0.3, 0.4) is 0 Å². The molecule has 0 radical (unpaired) electrons. The van der Waals surface area contributed by atoms with Crippen molar-refractivity contribution in [1.29, 1.82) is 0 Å². The largest absolute Gasteiger partial charge is 0.294 e. The summed E-state index contributed by atoms with van der Waals surface area (Å²) in [5, 5.41) is 0. The van der Waals surface area contributed by atoms with E-state index in [1.807, 2.05) is 13.8 Å². The predicted octanol–water partition coefficient (Wildman–Crippen LogP) is 2.91. The van der Waals surface area contributed by atoms with Crippen molar-refractivity contribution < 1.29 is 9.59 Å². The highest BCUT2D eigenvalue weighted by Crippen LogP contribution is 2.32. The van der Waals surface area contributed by atoms with Gasteiger partial charge in [0.2, 0.25) is 0 Å². The van der Waals surface area contributed by atoms with E-state index in [9.17, 15) is 9.59 Å². The number of fused-ring (bicyclic) bond motifs is 1.